The first kappa shape index (κ1) is 28.4. The summed E-state index contributed by atoms with van der Waals surface area (Å²) in [6.07, 6.45) is 0. The highest BCUT2D eigenvalue weighted by molar-refractivity contribution is 7.26. The molecule has 51 heavy (non-hydrogen) atoms. The van der Waals surface area contributed by atoms with Gasteiger partial charge in [0, 0.05) is 42.4 Å². The monoisotopic (exact) mass is 665 g/mol. The van der Waals surface area contributed by atoms with Gasteiger partial charge in [0.1, 0.15) is 0 Å². The highest BCUT2D eigenvalue weighted by Gasteiger charge is 2.26. The Morgan fingerprint density at radius 3 is 1.82 bits per heavy atom. The van der Waals surface area contributed by atoms with Crippen LogP contribution < -0.4 is 0 Å². The second-order valence-corrected chi connectivity index (χ2v) is 14.2. The van der Waals surface area contributed by atoms with E-state index in [4.69, 9.17) is 15.0 Å². The molecular formula is C47H27N3S. The SMILES string of the molecule is c1ccc(-c2nc(-c3cc(-c4ccccc4)c4ccccc4c3)nc(-c3cccc4sc5c6c(ccc5c34)-c3cccc4cccc-6c34)n2)cc1. The molecule has 0 aliphatic heterocycles. The topological polar surface area (TPSA) is 38.7 Å². The van der Waals surface area contributed by atoms with E-state index in [1.54, 1.807) is 0 Å². The molecule has 2 heterocycles. The van der Waals surface area contributed by atoms with Crippen LogP contribution >= 0.6 is 11.3 Å². The lowest BCUT2D eigenvalue weighted by atomic mass is 9.95. The van der Waals surface area contributed by atoms with Crippen LogP contribution in [0.15, 0.2) is 164 Å². The molecular weight excluding hydrogens is 639 g/mol. The third-order valence-electron chi connectivity index (χ3n) is 10.2. The summed E-state index contributed by atoms with van der Waals surface area (Å²) in [4.78, 5) is 15.6. The van der Waals surface area contributed by atoms with Gasteiger partial charge in [-0.15, -0.1) is 11.3 Å². The molecule has 0 radical (unpaired) electrons. The first-order chi connectivity index (χ1) is 25.3. The van der Waals surface area contributed by atoms with E-state index in [-0.39, 0.29) is 0 Å². The summed E-state index contributed by atoms with van der Waals surface area (Å²) in [6, 6.07) is 58.3. The molecule has 0 fully saturated rings. The maximum absolute atomic E-state index is 5.30. The molecule has 11 rings (SSSR count). The van der Waals surface area contributed by atoms with Crippen LogP contribution in [-0.2, 0) is 0 Å². The minimum absolute atomic E-state index is 0.654. The molecule has 1 aliphatic carbocycles. The van der Waals surface area contributed by atoms with Gasteiger partial charge in [-0.3, -0.25) is 0 Å². The van der Waals surface area contributed by atoms with Gasteiger partial charge in [-0.2, -0.15) is 0 Å². The molecule has 0 saturated heterocycles. The zero-order valence-electron chi connectivity index (χ0n) is 27.3. The minimum Gasteiger partial charge on any atom is -0.208 e. The smallest absolute Gasteiger partial charge is 0.164 e. The Balaban J connectivity index is 1.17. The highest BCUT2D eigenvalue weighted by Crippen LogP contribution is 2.53. The number of fused-ring (bicyclic) bond motifs is 8. The lowest BCUT2D eigenvalue weighted by Gasteiger charge is -2.13. The summed E-state index contributed by atoms with van der Waals surface area (Å²) in [5.74, 6) is 1.98. The van der Waals surface area contributed by atoms with Crippen LogP contribution in [0.5, 0.6) is 0 Å². The summed E-state index contributed by atoms with van der Waals surface area (Å²) >= 11 is 1.86. The van der Waals surface area contributed by atoms with Crippen molar-refractivity contribution in [1.29, 1.82) is 0 Å². The van der Waals surface area contributed by atoms with Gasteiger partial charge in [0.2, 0.25) is 0 Å². The van der Waals surface area contributed by atoms with Crippen LogP contribution in [0.25, 0.3) is 109 Å². The predicted octanol–water partition coefficient (Wildman–Crippen LogP) is 12.9. The normalized spacial score (nSPS) is 11.9. The molecule has 1 aliphatic rings. The van der Waals surface area contributed by atoms with Crippen LogP contribution in [0, 0.1) is 0 Å². The number of benzene rings is 8. The first-order valence-electron chi connectivity index (χ1n) is 17.2. The van der Waals surface area contributed by atoms with Gasteiger partial charge in [-0.25, -0.2) is 15.0 Å². The number of nitrogens with zero attached hydrogens (tertiary/aromatic N) is 3. The van der Waals surface area contributed by atoms with Crippen LogP contribution in [0.2, 0.25) is 0 Å². The van der Waals surface area contributed by atoms with Gasteiger partial charge in [0.25, 0.3) is 0 Å². The van der Waals surface area contributed by atoms with Crippen LogP contribution in [0.3, 0.4) is 0 Å². The maximum atomic E-state index is 5.30. The number of aromatic nitrogens is 3. The molecule has 3 nitrogen and oxygen atoms in total. The van der Waals surface area contributed by atoms with Gasteiger partial charge < -0.3 is 0 Å². The van der Waals surface area contributed by atoms with E-state index < -0.39 is 0 Å². The van der Waals surface area contributed by atoms with E-state index in [9.17, 15) is 0 Å². The number of thiophene rings is 1. The van der Waals surface area contributed by atoms with E-state index in [2.05, 4.69) is 146 Å². The summed E-state index contributed by atoms with van der Waals surface area (Å²) < 4.78 is 2.53. The van der Waals surface area contributed by atoms with Gasteiger partial charge >= 0.3 is 0 Å². The Kier molecular flexibility index (Phi) is 6.12. The fraction of sp³-hybridized carbons (Fsp3) is 0. The Morgan fingerprint density at radius 2 is 1.00 bits per heavy atom. The fourth-order valence-electron chi connectivity index (χ4n) is 7.98. The molecule has 8 aromatic carbocycles. The number of hydrogen-bond acceptors (Lipinski definition) is 4. The first-order valence-corrected chi connectivity index (χ1v) is 18.0. The second kappa shape index (κ2) is 11.0. The zero-order valence-corrected chi connectivity index (χ0v) is 28.2. The van der Waals surface area contributed by atoms with Crippen molar-refractivity contribution in [3.63, 3.8) is 0 Å². The standard InChI is InChI=1S/C47H27N3S/c1-3-12-28(13-4-1)39-27-32(26-31-16-7-8-19-33(31)39)46-48-45(30-14-5-2-6-15-30)49-47(50-46)38-22-11-23-40-42(38)37-25-24-35-34-20-9-17-29-18-10-21-36(41(29)34)43(35)44(37)51-40/h1-27H. The van der Waals surface area contributed by atoms with Gasteiger partial charge in [-0.05, 0) is 67.6 Å². The highest BCUT2D eigenvalue weighted by atomic mass is 32.1. The average molecular weight is 666 g/mol. The lowest BCUT2D eigenvalue weighted by molar-refractivity contribution is 1.08. The van der Waals surface area contributed by atoms with Crippen molar-refractivity contribution in [1.82, 2.24) is 15.0 Å². The molecule has 4 heteroatoms. The summed E-state index contributed by atoms with van der Waals surface area (Å²) in [7, 11) is 0. The Morgan fingerprint density at radius 1 is 0.353 bits per heavy atom. The molecule has 0 amide bonds. The largest absolute Gasteiger partial charge is 0.208 e. The Hall–Kier alpha value is -6.49. The molecule has 10 aromatic rings. The van der Waals surface area contributed by atoms with E-state index in [0.29, 0.717) is 17.5 Å². The van der Waals surface area contributed by atoms with Crippen molar-refractivity contribution in [2.45, 2.75) is 0 Å². The lowest BCUT2D eigenvalue weighted by Crippen LogP contribution is -2.00. The van der Waals surface area contributed by atoms with Crippen LogP contribution in [-0.4, -0.2) is 15.0 Å². The molecule has 2 aromatic heterocycles. The van der Waals surface area contributed by atoms with Crippen LogP contribution in [0.1, 0.15) is 0 Å². The van der Waals surface area contributed by atoms with Crippen LogP contribution in [0.4, 0.5) is 0 Å². The maximum Gasteiger partial charge on any atom is 0.164 e. The molecule has 0 spiro atoms. The van der Waals surface area contributed by atoms with Gasteiger partial charge in [0.15, 0.2) is 17.5 Å². The van der Waals surface area contributed by atoms with Gasteiger partial charge in [0.05, 0.1) is 0 Å². The fourth-order valence-corrected chi connectivity index (χ4v) is 9.27. The third kappa shape index (κ3) is 4.33. The van der Waals surface area contributed by atoms with Crippen molar-refractivity contribution in [2.24, 2.45) is 0 Å². The van der Waals surface area contributed by atoms with Gasteiger partial charge in [-0.1, -0.05) is 146 Å². The minimum atomic E-state index is 0.654. The zero-order chi connectivity index (χ0) is 33.5. The van der Waals surface area contributed by atoms with E-state index in [0.717, 1.165) is 33.2 Å². The molecule has 0 atom stereocenters. The van der Waals surface area contributed by atoms with Crippen molar-refractivity contribution < 1.29 is 0 Å². The average Bonchev–Trinajstić information content (AvgIpc) is 3.75. The molecule has 0 saturated carbocycles. The molecule has 0 bridgehead atoms. The quantitative estimate of drug-likeness (QED) is 0.188. The number of hydrogen-bond donors (Lipinski definition) is 0. The van der Waals surface area contributed by atoms with E-state index >= 15 is 0 Å². The second-order valence-electron chi connectivity index (χ2n) is 13.1. The van der Waals surface area contributed by atoms with Crippen molar-refractivity contribution in [3.8, 4) is 67.5 Å². The van der Waals surface area contributed by atoms with Crippen molar-refractivity contribution in [2.75, 3.05) is 0 Å². The summed E-state index contributed by atoms with van der Waals surface area (Å²) in [5.41, 5.74) is 10.5. The third-order valence-corrected chi connectivity index (χ3v) is 11.4. The van der Waals surface area contributed by atoms with E-state index in [1.165, 1.54) is 58.6 Å². The Bertz CT molecular complexity index is 3010. The summed E-state index contributed by atoms with van der Waals surface area (Å²) in [5, 5.41) is 7.39. The van der Waals surface area contributed by atoms with E-state index in [1.807, 2.05) is 29.5 Å². The predicted molar refractivity (Wildman–Crippen MR) is 214 cm³/mol. The molecule has 236 valence electrons. The Labute approximate surface area is 298 Å². The van der Waals surface area contributed by atoms with Crippen molar-refractivity contribution >= 4 is 53.1 Å². The summed E-state index contributed by atoms with van der Waals surface area (Å²) in [6.45, 7) is 0. The number of rotatable bonds is 4. The van der Waals surface area contributed by atoms with Crippen molar-refractivity contribution in [3.05, 3.63) is 164 Å². The molecule has 0 unspecified atom stereocenters. The molecule has 0 N–H and O–H groups in total.